The quantitative estimate of drug-likeness (QED) is 0.538. The third-order valence-corrected chi connectivity index (χ3v) is 5.27. The molecule has 0 amide bonds. The summed E-state index contributed by atoms with van der Waals surface area (Å²) in [6.07, 6.45) is 5.55. The van der Waals surface area contributed by atoms with E-state index < -0.39 is 0 Å². The molecule has 1 fully saturated rings. The number of aryl methyl sites for hydroxylation is 1. The van der Waals surface area contributed by atoms with Gasteiger partial charge in [-0.15, -0.1) is 0 Å². The molecule has 1 aromatic rings. The van der Waals surface area contributed by atoms with E-state index in [0.29, 0.717) is 26.3 Å². The standard InChI is InChI=1S/C15H25N3O3S/c1-3-12(4-2)6-5-7-13-14(15(16-22-13)18(19)20)17-8-10-21-11-9-17/h12H,3-11H2,1-2H3. The first-order valence-electron chi connectivity index (χ1n) is 8.12. The lowest BCUT2D eigenvalue weighted by Crippen LogP contribution is -2.36. The average Bonchev–Trinajstić information content (AvgIpc) is 2.96. The summed E-state index contributed by atoms with van der Waals surface area (Å²) in [4.78, 5) is 14.0. The van der Waals surface area contributed by atoms with E-state index >= 15 is 0 Å². The van der Waals surface area contributed by atoms with Gasteiger partial charge < -0.3 is 19.8 Å². The van der Waals surface area contributed by atoms with Crippen LogP contribution in [0.2, 0.25) is 0 Å². The molecule has 1 aromatic heterocycles. The predicted molar refractivity (Wildman–Crippen MR) is 88.8 cm³/mol. The van der Waals surface area contributed by atoms with Gasteiger partial charge in [0.05, 0.1) is 29.6 Å². The topological polar surface area (TPSA) is 68.5 Å². The minimum Gasteiger partial charge on any atom is -0.378 e. The summed E-state index contributed by atoms with van der Waals surface area (Å²) < 4.78 is 9.44. The molecule has 6 nitrogen and oxygen atoms in total. The van der Waals surface area contributed by atoms with Gasteiger partial charge in [-0.2, -0.15) is 0 Å². The first kappa shape index (κ1) is 17.1. The van der Waals surface area contributed by atoms with E-state index in [4.69, 9.17) is 4.74 Å². The zero-order valence-electron chi connectivity index (χ0n) is 13.4. The predicted octanol–water partition coefficient (Wildman–Crippen LogP) is 3.65. The Hall–Kier alpha value is -1.21. The molecular weight excluding hydrogens is 302 g/mol. The van der Waals surface area contributed by atoms with Gasteiger partial charge in [-0.05, 0) is 23.7 Å². The van der Waals surface area contributed by atoms with E-state index in [1.54, 1.807) is 0 Å². The van der Waals surface area contributed by atoms with Crippen LogP contribution in [0.5, 0.6) is 0 Å². The Kier molecular flexibility index (Phi) is 6.57. The van der Waals surface area contributed by atoms with E-state index in [1.807, 2.05) is 0 Å². The maximum Gasteiger partial charge on any atom is 0.402 e. The Morgan fingerprint density at radius 3 is 2.64 bits per heavy atom. The van der Waals surface area contributed by atoms with Crippen LogP contribution in [0.15, 0.2) is 0 Å². The number of nitrogens with zero attached hydrogens (tertiary/aromatic N) is 3. The number of rotatable bonds is 8. The van der Waals surface area contributed by atoms with Crippen LogP contribution < -0.4 is 4.90 Å². The summed E-state index contributed by atoms with van der Waals surface area (Å²) in [7, 11) is 0. The molecule has 0 aromatic carbocycles. The molecule has 7 heteroatoms. The second-order valence-corrected chi connectivity index (χ2v) is 6.57. The van der Waals surface area contributed by atoms with Gasteiger partial charge >= 0.3 is 5.82 Å². The van der Waals surface area contributed by atoms with E-state index in [9.17, 15) is 10.1 Å². The van der Waals surface area contributed by atoms with E-state index in [1.165, 1.54) is 30.8 Å². The van der Waals surface area contributed by atoms with Crippen LogP contribution in [-0.4, -0.2) is 35.6 Å². The van der Waals surface area contributed by atoms with Crippen LogP contribution in [0, 0.1) is 16.0 Å². The number of anilines is 1. The summed E-state index contributed by atoms with van der Waals surface area (Å²) >= 11 is 1.29. The van der Waals surface area contributed by atoms with Crippen LogP contribution in [0.25, 0.3) is 0 Å². The highest BCUT2D eigenvalue weighted by atomic mass is 32.1. The fraction of sp³-hybridized carbons (Fsp3) is 0.800. The molecule has 0 saturated carbocycles. The third-order valence-electron chi connectivity index (χ3n) is 4.39. The van der Waals surface area contributed by atoms with Crippen LogP contribution in [-0.2, 0) is 11.2 Å². The highest BCUT2D eigenvalue weighted by Gasteiger charge is 2.29. The second kappa shape index (κ2) is 8.43. The Labute approximate surface area is 135 Å². The Bertz CT molecular complexity index is 482. The first-order chi connectivity index (χ1) is 10.7. The minimum atomic E-state index is -0.355. The summed E-state index contributed by atoms with van der Waals surface area (Å²) in [6.45, 7) is 7.12. The van der Waals surface area contributed by atoms with Crippen molar-refractivity contribution >= 4 is 23.0 Å². The SMILES string of the molecule is CCC(CC)CCCc1snc([N+](=O)[O-])c1N1CCOCC1. The van der Waals surface area contributed by atoms with E-state index in [-0.39, 0.29) is 10.7 Å². The van der Waals surface area contributed by atoms with Crippen LogP contribution in [0.3, 0.4) is 0 Å². The lowest BCUT2D eigenvalue weighted by molar-refractivity contribution is -0.388. The van der Waals surface area contributed by atoms with Gasteiger partial charge in [0.2, 0.25) is 0 Å². The molecule has 1 saturated heterocycles. The van der Waals surface area contributed by atoms with Gasteiger partial charge in [0.25, 0.3) is 0 Å². The number of hydrogen-bond donors (Lipinski definition) is 0. The normalized spacial score (nSPS) is 15.5. The van der Waals surface area contributed by atoms with Crippen molar-refractivity contribution in [2.45, 2.75) is 46.0 Å². The van der Waals surface area contributed by atoms with Gasteiger partial charge in [0, 0.05) is 17.5 Å². The van der Waals surface area contributed by atoms with Crippen LogP contribution in [0.1, 0.15) is 44.4 Å². The summed E-state index contributed by atoms with van der Waals surface area (Å²) in [5, 5.41) is 11.2. The van der Waals surface area contributed by atoms with Crippen molar-refractivity contribution in [3.63, 3.8) is 0 Å². The zero-order chi connectivity index (χ0) is 15.9. The fourth-order valence-electron chi connectivity index (χ4n) is 2.95. The van der Waals surface area contributed by atoms with Crippen molar-refractivity contribution in [3.8, 4) is 0 Å². The van der Waals surface area contributed by atoms with Crippen molar-refractivity contribution in [1.82, 2.24) is 4.37 Å². The fourth-order valence-corrected chi connectivity index (χ4v) is 3.84. The molecule has 0 radical (unpaired) electrons. The molecule has 22 heavy (non-hydrogen) atoms. The van der Waals surface area contributed by atoms with Crippen molar-refractivity contribution in [2.24, 2.45) is 5.92 Å². The minimum absolute atomic E-state index is 0.0180. The van der Waals surface area contributed by atoms with Crippen molar-refractivity contribution in [1.29, 1.82) is 0 Å². The highest BCUT2D eigenvalue weighted by Crippen LogP contribution is 2.36. The molecule has 0 spiro atoms. The molecule has 0 bridgehead atoms. The number of ether oxygens (including phenoxy) is 1. The van der Waals surface area contributed by atoms with Gasteiger partial charge in [0.15, 0.2) is 5.69 Å². The molecule has 0 aliphatic carbocycles. The van der Waals surface area contributed by atoms with Crippen molar-refractivity contribution in [2.75, 3.05) is 31.2 Å². The van der Waals surface area contributed by atoms with Gasteiger partial charge in [-0.1, -0.05) is 33.1 Å². The lowest BCUT2D eigenvalue weighted by Gasteiger charge is -2.27. The van der Waals surface area contributed by atoms with Crippen LogP contribution >= 0.6 is 11.5 Å². The van der Waals surface area contributed by atoms with Gasteiger partial charge in [-0.3, -0.25) is 0 Å². The molecule has 0 N–H and O–H groups in total. The number of hydrogen-bond acceptors (Lipinski definition) is 6. The third kappa shape index (κ3) is 4.16. The highest BCUT2D eigenvalue weighted by molar-refractivity contribution is 7.06. The number of aromatic nitrogens is 1. The monoisotopic (exact) mass is 327 g/mol. The summed E-state index contributed by atoms with van der Waals surface area (Å²) in [5.74, 6) is 0.777. The molecule has 0 unspecified atom stereocenters. The maximum absolute atomic E-state index is 11.2. The largest absolute Gasteiger partial charge is 0.402 e. The number of nitro groups is 1. The summed E-state index contributed by atoms with van der Waals surface area (Å²) in [5.41, 5.74) is 0.739. The van der Waals surface area contributed by atoms with Gasteiger partial charge in [0.1, 0.15) is 0 Å². The molecule has 1 aliphatic heterocycles. The van der Waals surface area contributed by atoms with E-state index in [0.717, 1.165) is 29.3 Å². The zero-order valence-corrected chi connectivity index (χ0v) is 14.2. The maximum atomic E-state index is 11.2. The van der Waals surface area contributed by atoms with E-state index in [2.05, 4.69) is 23.1 Å². The van der Waals surface area contributed by atoms with Crippen molar-refractivity contribution in [3.05, 3.63) is 15.0 Å². The molecular formula is C15H25N3O3S. The second-order valence-electron chi connectivity index (χ2n) is 5.71. The number of morpholine rings is 1. The smallest absolute Gasteiger partial charge is 0.378 e. The van der Waals surface area contributed by atoms with Crippen LogP contribution in [0.4, 0.5) is 11.5 Å². The summed E-state index contributed by atoms with van der Waals surface area (Å²) in [6, 6.07) is 0. The Balaban J connectivity index is 2.08. The molecule has 124 valence electrons. The Morgan fingerprint density at radius 1 is 1.36 bits per heavy atom. The molecule has 0 atom stereocenters. The molecule has 2 heterocycles. The molecule has 2 rings (SSSR count). The lowest BCUT2D eigenvalue weighted by atomic mass is 9.96. The first-order valence-corrected chi connectivity index (χ1v) is 8.90. The molecule has 1 aliphatic rings. The van der Waals surface area contributed by atoms with Gasteiger partial charge in [-0.25, -0.2) is 0 Å². The Morgan fingerprint density at radius 2 is 2.05 bits per heavy atom. The average molecular weight is 327 g/mol. The van der Waals surface area contributed by atoms with Crippen molar-refractivity contribution < 1.29 is 9.66 Å².